The Morgan fingerprint density at radius 3 is 2.89 bits per heavy atom. The van der Waals surface area contributed by atoms with Gasteiger partial charge in [-0.25, -0.2) is 4.79 Å². The highest BCUT2D eigenvalue weighted by Crippen LogP contribution is 2.27. The van der Waals surface area contributed by atoms with Crippen LogP contribution >= 0.6 is 11.6 Å². The summed E-state index contributed by atoms with van der Waals surface area (Å²) in [6, 6.07) is 6.68. The summed E-state index contributed by atoms with van der Waals surface area (Å²) in [7, 11) is 1.57. The molecule has 0 bridgehead atoms. The van der Waals surface area contributed by atoms with Crippen molar-refractivity contribution in [1.29, 1.82) is 0 Å². The largest absolute Gasteiger partial charge is 0.497 e. The van der Waals surface area contributed by atoms with Crippen molar-refractivity contribution in [3.63, 3.8) is 0 Å². The minimum Gasteiger partial charge on any atom is -0.497 e. The Kier molecular flexibility index (Phi) is 3.97. The lowest BCUT2D eigenvalue weighted by Gasteiger charge is -2.08. The number of rotatable bonds is 5. The number of methoxy groups -OCH3 is 1. The van der Waals surface area contributed by atoms with Gasteiger partial charge >= 0.3 is 5.97 Å². The summed E-state index contributed by atoms with van der Waals surface area (Å²) >= 11 is 6.03. The number of ether oxygens (including phenoxy) is 1. The molecule has 1 aromatic carbocycles. The van der Waals surface area contributed by atoms with Gasteiger partial charge in [0.25, 0.3) is 0 Å². The molecule has 0 aliphatic carbocycles. The Labute approximate surface area is 114 Å². The number of halogens is 1. The molecule has 2 N–H and O–H groups in total. The summed E-state index contributed by atoms with van der Waals surface area (Å²) in [4.78, 5) is 10.7. The first kappa shape index (κ1) is 13.3. The number of nitrogens with one attached hydrogen (secondary N) is 1. The third kappa shape index (κ3) is 3.20. The van der Waals surface area contributed by atoms with Crippen LogP contribution in [0.4, 0.5) is 5.69 Å². The maximum Gasteiger partial charge on any atom is 0.338 e. The Bertz CT molecular complexity index is 594. The van der Waals surface area contributed by atoms with Gasteiger partial charge in [-0.2, -0.15) is 0 Å². The maximum atomic E-state index is 10.7. The summed E-state index contributed by atoms with van der Waals surface area (Å²) in [6.07, 6.45) is 1.20. The molecule has 100 valence electrons. The molecular weight excluding hydrogens is 270 g/mol. The number of aromatic carboxylic acids is 1. The molecule has 0 saturated heterocycles. The number of carboxylic acid groups (broad SMARTS) is 1. The van der Waals surface area contributed by atoms with Crippen molar-refractivity contribution in [2.75, 3.05) is 12.4 Å². The van der Waals surface area contributed by atoms with E-state index in [0.29, 0.717) is 28.8 Å². The molecule has 0 aliphatic rings. The van der Waals surface area contributed by atoms with Crippen molar-refractivity contribution in [3.05, 3.63) is 46.9 Å². The van der Waals surface area contributed by atoms with E-state index in [1.54, 1.807) is 25.3 Å². The van der Waals surface area contributed by atoms with Gasteiger partial charge < -0.3 is 19.6 Å². The highest BCUT2D eigenvalue weighted by atomic mass is 35.5. The number of carboxylic acids is 1. The molecule has 2 rings (SSSR count). The zero-order chi connectivity index (χ0) is 13.8. The average molecular weight is 282 g/mol. The van der Waals surface area contributed by atoms with Gasteiger partial charge in [0.2, 0.25) is 0 Å². The molecule has 2 aromatic rings. The summed E-state index contributed by atoms with van der Waals surface area (Å²) < 4.78 is 10.2. The zero-order valence-corrected chi connectivity index (χ0v) is 10.9. The quantitative estimate of drug-likeness (QED) is 0.880. The Morgan fingerprint density at radius 2 is 2.26 bits per heavy atom. The third-order valence-electron chi connectivity index (χ3n) is 2.53. The van der Waals surface area contributed by atoms with Gasteiger partial charge in [0.05, 0.1) is 29.9 Å². The lowest BCUT2D eigenvalue weighted by Crippen LogP contribution is -1.99. The highest BCUT2D eigenvalue weighted by molar-refractivity contribution is 6.33. The monoisotopic (exact) mass is 281 g/mol. The predicted octanol–water partition coefficient (Wildman–Crippen LogP) is 3.25. The number of carbonyl (C=O) groups is 1. The third-order valence-corrected chi connectivity index (χ3v) is 2.86. The zero-order valence-electron chi connectivity index (χ0n) is 10.1. The van der Waals surface area contributed by atoms with E-state index >= 15 is 0 Å². The van der Waals surface area contributed by atoms with E-state index in [1.165, 1.54) is 12.3 Å². The van der Waals surface area contributed by atoms with Crippen LogP contribution < -0.4 is 10.1 Å². The summed E-state index contributed by atoms with van der Waals surface area (Å²) in [5, 5.41) is 12.4. The molecule has 6 heteroatoms. The van der Waals surface area contributed by atoms with Crippen LogP contribution in [-0.2, 0) is 6.54 Å². The van der Waals surface area contributed by atoms with Gasteiger partial charge in [-0.15, -0.1) is 0 Å². The van der Waals surface area contributed by atoms with Gasteiger partial charge in [-0.3, -0.25) is 0 Å². The molecule has 0 aliphatic heterocycles. The smallest absolute Gasteiger partial charge is 0.338 e. The average Bonchev–Trinajstić information content (AvgIpc) is 2.87. The fourth-order valence-electron chi connectivity index (χ4n) is 1.53. The van der Waals surface area contributed by atoms with E-state index < -0.39 is 5.97 Å². The Hall–Kier alpha value is -2.14. The second kappa shape index (κ2) is 5.67. The van der Waals surface area contributed by atoms with E-state index in [-0.39, 0.29) is 5.56 Å². The molecule has 0 fully saturated rings. The van der Waals surface area contributed by atoms with Crippen LogP contribution in [0.15, 0.2) is 34.9 Å². The van der Waals surface area contributed by atoms with E-state index in [4.69, 9.17) is 25.9 Å². The molecule has 0 amide bonds. The molecule has 0 radical (unpaired) electrons. The SMILES string of the molecule is COc1ccc(Cl)c(NCc2cc(C(=O)O)co2)c1. The van der Waals surface area contributed by atoms with Gasteiger partial charge in [0.1, 0.15) is 17.8 Å². The van der Waals surface area contributed by atoms with Crippen LogP contribution in [-0.4, -0.2) is 18.2 Å². The van der Waals surface area contributed by atoms with Crippen molar-refractivity contribution in [2.45, 2.75) is 6.54 Å². The number of hydrogen-bond donors (Lipinski definition) is 2. The van der Waals surface area contributed by atoms with Crippen molar-refractivity contribution in [1.82, 2.24) is 0 Å². The van der Waals surface area contributed by atoms with Gasteiger partial charge in [0, 0.05) is 6.07 Å². The summed E-state index contributed by atoms with van der Waals surface area (Å²) in [5.41, 5.74) is 0.808. The van der Waals surface area contributed by atoms with Crippen LogP contribution in [0.5, 0.6) is 5.75 Å². The normalized spacial score (nSPS) is 10.2. The van der Waals surface area contributed by atoms with Crippen molar-refractivity contribution >= 4 is 23.3 Å². The molecule has 5 nitrogen and oxygen atoms in total. The van der Waals surface area contributed by atoms with Crippen LogP contribution in [0.3, 0.4) is 0 Å². The minimum absolute atomic E-state index is 0.119. The van der Waals surface area contributed by atoms with E-state index in [0.717, 1.165) is 0 Å². The van der Waals surface area contributed by atoms with Gasteiger partial charge in [-0.05, 0) is 18.2 Å². The molecule has 0 atom stereocenters. The number of anilines is 1. The molecule has 0 spiro atoms. The molecule has 1 heterocycles. The molecule has 19 heavy (non-hydrogen) atoms. The Morgan fingerprint density at radius 1 is 1.47 bits per heavy atom. The van der Waals surface area contributed by atoms with Crippen LogP contribution in [0.1, 0.15) is 16.1 Å². The molecule has 1 aromatic heterocycles. The number of furan rings is 1. The van der Waals surface area contributed by atoms with E-state index in [2.05, 4.69) is 5.32 Å². The van der Waals surface area contributed by atoms with Crippen molar-refractivity contribution in [2.24, 2.45) is 0 Å². The fourth-order valence-corrected chi connectivity index (χ4v) is 1.72. The fraction of sp³-hybridized carbons (Fsp3) is 0.154. The van der Waals surface area contributed by atoms with E-state index in [1.807, 2.05) is 0 Å². The standard InChI is InChI=1S/C13H12ClNO4/c1-18-9-2-3-11(14)12(5-9)15-6-10-4-8(7-19-10)13(16)17/h2-5,7,15H,6H2,1H3,(H,16,17). The lowest BCUT2D eigenvalue weighted by molar-refractivity contribution is 0.0696. The predicted molar refractivity (Wildman–Crippen MR) is 71.0 cm³/mol. The summed E-state index contributed by atoms with van der Waals surface area (Å²) in [5.74, 6) is 0.170. The Balaban J connectivity index is 2.07. The molecule has 0 unspecified atom stereocenters. The molecule has 0 saturated carbocycles. The van der Waals surface area contributed by atoms with Crippen molar-refractivity contribution < 1.29 is 19.1 Å². The summed E-state index contributed by atoms with van der Waals surface area (Å²) in [6.45, 7) is 0.333. The van der Waals surface area contributed by atoms with Crippen LogP contribution in [0.25, 0.3) is 0 Å². The second-order valence-corrected chi connectivity index (χ2v) is 4.21. The topological polar surface area (TPSA) is 71.7 Å². The maximum absolute atomic E-state index is 10.7. The first-order chi connectivity index (χ1) is 9.10. The first-order valence-corrected chi connectivity index (χ1v) is 5.86. The van der Waals surface area contributed by atoms with Crippen LogP contribution in [0, 0.1) is 0 Å². The van der Waals surface area contributed by atoms with E-state index in [9.17, 15) is 4.79 Å². The van der Waals surface area contributed by atoms with Gasteiger partial charge in [-0.1, -0.05) is 11.6 Å². The number of benzene rings is 1. The van der Waals surface area contributed by atoms with Crippen molar-refractivity contribution in [3.8, 4) is 5.75 Å². The molecular formula is C13H12ClNO4. The van der Waals surface area contributed by atoms with Crippen LogP contribution in [0.2, 0.25) is 5.02 Å². The first-order valence-electron chi connectivity index (χ1n) is 5.48. The second-order valence-electron chi connectivity index (χ2n) is 3.81. The minimum atomic E-state index is -1.02. The highest BCUT2D eigenvalue weighted by Gasteiger charge is 2.09. The lowest BCUT2D eigenvalue weighted by atomic mass is 10.3. The van der Waals surface area contributed by atoms with Gasteiger partial charge in [0.15, 0.2) is 0 Å². The number of hydrogen-bond acceptors (Lipinski definition) is 4.